The fourth-order valence-corrected chi connectivity index (χ4v) is 1.77. The van der Waals surface area contributed by atoms with Crippen molar-refractivity contribution in [3.05, 3.63) is 35.5 Å². The molecule has 0 saturated heterocycles. The summed E-state index contributed by atoms with van der Waals surface area (Å²) in [4.78, 5) is 11.1. The van der Waals surface area contributed by atoms with Crippen LogP contribution in [0.3, 0.4) is 0 Å². The van der Waals surface area contributed by atoms with Crippen LogP contribution in [-0.4, -0.2) is 27.9 Å². The average molecular weight is 246 g/mol. The third kappa shape index (κ3) is 2.20. The zero-order chi connectivity index (χ0) is 13.1. The number of benzene rings is 1. The molecule has 0 fully saturated rings. The van der Waals surface area contributed by atoms with E-state index in [0.29, 0.717) is 23.6 Å². The Morgan fingerprint density at radius 1 is 1.50 bits per heavy atom. The summed E-state index contributed by atoms with van der Waals surface area (Å²) in [6.07, 6.45) is 1.30. The molecule has 94 valence electrons. The minimum atomic E-state index is -1.01. The van der Waals surface area contributed by atoms with Crippen molar-refractivity contribution in [3.8, 4) is 17.0 Å². The second-order valence-electron chi connectivity index (χ2n) is 3.90. The number of hydrogen-bond acceptors (Lipinski definition) is 3. The molecule has 0 aliphatic rings. The van der Waals surface area contributed by atoms with Gasteiger partial charge in [-0.1, -0.05) is 11.6 Å². The van der Waals surface area contributed by atoms with Gasteiger partial charge in [0.1, 0.15) is 11.3 Å². The molecular formula is C13H14N2O3. The smallest absolute Gasteiger partial charge is 0.339 e. The lowest BCUT2D eigenvalue weighted by molar-refractivity contribution is 0.0698. The highest BCUT2D eigenvalue weighted by atomic mass is 16.5. The molecule has 2 aromatic rings. The number of ether oxygens (including phenoxy) is 1. The molecule has 5 heteroatoms. The summed E-state index contributed by atoms with van der Waals surface area (Å²) >= 11 is 0. The van der Waals surface area contributed by atoms with Gasteiger partial charge in [-0.15, -0.1) is 0 Å². The molecule has 0 spiro atoms. The van der Waals surface area contributed by atoms with Gasteiger partial charge in [0.15, 0.2) is 0 Å². The van der Waals surface area contributed by atoms with Crippen molar-refractivity contribution in [2.45, 2.75) is 13.8 Å². The summed E-state index contributed by atoms with van der Waals surface area (Å²) in [5.41, 5.74) is 2.35. The molecule has 0 aliphatic heterocycles. The van der Waals surface area contributed by atoms with Crippen molar-refractivity contribution in [1.29, 1.82) is 0 Å². The Morgan fingerprint density at radius 3 is 2.94 bits per heavy atom. The normalized spacial score (nSPS) is 10.3. The number of nitrogens with zero attached hydrogens (tertiary/aromatic N) is 1. The second kappa shape index (κ2) is 4.91. The first-order valence-corrected chi connectivity index (χ1v) is 5.64. The molecule has 18 heavy (non-hydrogen) atoms. The number of carbonyl (C=O) groups is 1. The van der Waals surface area contributed by atoms with Crippen LogP contribution in [0.5, 0.6) is 5.75 Å². The highest BCUT2D eigenvalue weighted by Gasteiger charge is 2.17. The first-order chi connectivity index (χ1) is 8.63. The largest absolute Gasteiger partial charge is 0.493 e. The predicted molar refractivity (Wildman–Crippen MR) is 66.9 cm³/mol. The van der Waals surface area contributed by atoms with Gasteiger partial charge in [-0.3, -0.25) is 5.10 Å². The van der Waals surface area contributed by atoms with Gasteiger partial charge >= 0.3 is 5.97 Å². The zero-order valence-corrected chi connectivity index (χ0v) is 10.2. The number of aromatic carboxylic acids is 1. The van der Waals surface area contributed by atoms with Gasteiger partial charge in [0.2, 0.25) is 0 Å². The second-order valence-corrected chi connectivity index (χ2v) is 3.90. The molecule has 0 bridgehead atoms. The summed E-state index contributed by atoms with van der Waals surface area (Å²) in [6, 6.07) is 5.64. The van der Waals surface area contributed by atoms with Crippen LogP contribution < -0.4 is 4.74 Å². The molecule has 0 atom stereocenters. The van der Waals surface area contributed by atoms with Crippen LogP contribution in [0.4, 0.5) is 0 Å². The predicted octanol–water partition coefficient (Wildman–Crippen LogP) is 2.48. The van der Waals surface area contributed by atoms with Gasteiger partial charge in [0.05, 0.1) is 18.5 Å². The van der Waals surface area contributed by atoms with Crippen LogP contribution in [0.25, 0.3) is 11.3 Å². The van der Waals surface area contributed by atoms with Gasteiger partial charge in [-0.25, -0.2) is 4.79 Å². The van der Waals surface area contributed by atoms with E-state index in [4.69, 9.17) is 9.84 Å². The number of aromatic nitrogens is 2. The third-order valence-electron chi connectivity index (χ3n) is 2.57. The molecule has 1 aromatic carbocycles. The van der Waals surface area contributed by atoms with E-state index in [0.717, 1.165) is 5.56 Å². The maximum atomic E-state index is 11.1. The maximum absolute atomic E-state index is 11.1. The van der Waals surface area contributed by atoms with Crippen molar-refractivity contribution in [2.24, 2.45) is 0 Å². The van der Waals surface area contributed by atoms with E-state index in [2.05, 4.69) is 10.2 Å². The van der Waals surface area contributed by atoms with E-state index < -0.39 is 5.97 Å². The standard InChI is InChI=1S/C13H14N2O3/c1-3-18-11-5-4-8(2)6-9(11)12-10(13(16)17)7-14-15-12/h4-7H,3H2,1-2H3,(H,14,15)(H,16,17). The number of aryl methyl sites for hydroxylation is 1. The molecule has 1 heterocycles. The Hall–Kier alpha value is -2.30. The van der Waals surface area contributed by atoms with Gasteiger partial charge in [-0.05, 0) is 26.0 Å². The lowest BCUT2D eigenvalue weighted by Crippen LogP contribution is -2.00. The Morgan fingerprint density at radius 2 is 2.28 bits per heavy atom. The number of hydrogen-bond donors (Lipinski definition) is 2. The Balaban J connectivity index is 2.58. The molecule has 0 aliphatic carbocycles. The fourth-order valence-electron chi connectivity index (χ4n) is 1.77. The van der Waals surface area contributed by atoms with Gasteiger partial charge in [-0.2, -0.15) is 5.10 Å². The Labute approximate surface area is 104 Å². The van der Waals surface area contributed by atoms with Crippen LogP contribution in [0.15, 0.2) is 24.4 Å². The fraction of sp³-hybridized carbons (Fsp3) is 0.231. The lowest BCUT2D eigenvalue weighted by atomic mass is 10.0. The number of carboxylic acids is 1. The molecular weight excluding hydrogens is 232 g/mol. The van der Waals surface area contributed by atoms with E-state index in [1.165, 1.54) is 6.20 Å². The van der Waals surface area contributed by atoms with Crippen molar-refractivity contribution in [3.63, 3.8) is 0 Å². The highest BCUT2D eigenvalue weighted by molar-refractivity contribution is 5.95. The summed E-state index contributed by atoms with van der Waals surface area (Å²) in [6.45, 7) is 4.34. The maximum Gasteiger partial charge on any atom is 0.339 e. The molecule has 2 rings (SSSR count). The Bertz CT molecular complexity index is 575. The number of aromatic amines is 1. The molecule has 2 N–H and O–H groups in total. The van der Waals surface area contributed by atoms with Gasteiger partial charge in [0, 0.05) is 5.56 Å². The molecule has 0 unspecified atom stereocenters. The summed E-state index contributed by atoms with van der Waals surface area (Å²) in [5, 5.41) is 15.6. The van der Waals surface area contributed by atoms with E-state index >= 15 is 0 Å². The SMILES string of the molecule is CCOc1ccc(C)cc1-c1[nH]ncc1C(=O)O. The van der Waals surface area contributed by atoms with Crippen LogP contribution in [0.2, 0.25) is 0 Å². The monoisotopic (exact) mass is 246 g/mol. The van der Waals surface area contributed by atoms with Gasteiger partial charge < -0.3 is 9.84 Å². The van der Waals surface area contributed by atoms with E-state index in [1.807, 2.05) is 32.0 Å². The third-order valence-corrected chi connectivity index (χ3v) is 2.57. The zero-order valence-electron chi connectivity index (χ0n) is 10.2. The number of rotatable bonds is 4. The van der Waals surface area contributed by atoms with Gasteiger partial charge in [0.25, 0.3) is 0 Å². The average Bonchev–Trinajstić information content (AvgIpc) is 2.80. The molecule has 0 radical (unpaired) electrons. The van der Waals surface area contributed by atoms with E-state index in [9.17, 15) is 4.79 Å². The van der Waals surface area contributed by atoms with Crippen LogP contribution in [0, 0.1) is 6.92 Å². The quantitative estimate of drug-likeness (QED) is 0.869. The van der Waals surface area contributed by atoms with E-state index in [-0.39, 0.29) is 5.56 Å². The van der Waals surface area contributed by atoms with Crippen LogP contribution in [-0.2, 0) is 0 Å². The van der Waals surface area contributed by atoms with Crippen LogP contribution >= 0.6 is 0 Å². The molecule has 0 amide bonds. The first kappa shape index (κ1) is 12.2. The minimum absolute atomic E-state index is 0.140. The topological polar surface area (TPSA) is 75.2 Å². The summed E-state index contributed by atoms with van der Waals surface area (Å²) in [5.74, 6) is -0.363. The minimum Gasteiger partial charge on any atom is -0.493 e. The first-order valence-electron chi connectivity index (χ1n) is 5.64. The molecule has 1 aromatic heterocycles. The van der Waals surface area contributed by atoms with Crippen LogP contribution in [0.1, 0.15) is 22.8 Å². The highest BCUT2D eigenvalue weighted by Crippen LogP contribution is 2.31. The molecule has 5 nitrogen and oxygen atoms in total. The number of carboxylic acid groups (broad SMARTS) is 1. The summed E-state index contributed by atoms with van der Waals surface area (Å²) in [7, 11) is 0. The summed E-state index contributed by atoms with van der Waals surface area (Å²) < 4.78 is 5.51. The van der Waals surface area contributed by atoms with Crippen molar-refractivity contribution < 1.29 is 14.6 Å². The Kier molecular flexibility index (Phi) is 3.32. The van der Waals surface area contributed by atoms with E-state index in [1.54, 1.807) is 0 Å². The van der Waals surface area contributed by atoms with Crippen molar-refractivity contribution >= 4 is 5.97 Å². The molecule has 0 saturated carbocycles. The number of H-pyrrole nitrogens is 1. The van der Waals surface area contributed by atoms with Crippen molar-refractivity contribution in [1.82, 2.24) is 10.2 Å². The number of nitrogens with one attached hydrogen (secondary N) is 1. The lowest BCUT2D eigenvalue weighted by Gasteiger charge is -2.10. The van der Waals surface area contributed by atoms with Crippen molar-refractivity contribution in [2.75, 3.05) is 6.61 Å².